The summed E-state index contributed by atoms with van der Waals surface area (Å²) in [6.07, 6.45) is -3.84. The Morgan fingerprint density at radius 3 is 1.44 bits per heavy atom. The maximum atomic E-state index is 18.7. The molecule has 0 nitrogen and oxygen atoms in total. The molecule has 0 N–H and O–H groups in total. The van der Waals surface area contributed by atoms with Crippen molar-refractivity contribution in [2.24, 2.45) is 11.3 Å². The molecule has 4 aromatic rings. The Labute approximate surface area is 293 Å². The molecule has 50 heavy (non-hydrogen) atoms. The van der Waals surface area contributed by atoms with Gasteiger partial charge >= 0.3 is 0 Å². The summed E-state index contributed by atoms with van der Waals surface area (Å²) in [5, 5.41) is -0.514. The molecule has 1 aliphatic carbocycles. The van der Waals surface area contributed by atoms with E-state index in [4.69, 9.17) is 23.2 Å². The molecule has 264 valence electrons. The highest BCUT2D eigenvalue weighted by Gasteiger charge is 2.64. The van der Waals surface area contributed by atoms with Crippen LogP contribution < -0.4 is 26.8 Å². The molecule has 0 saturated heterocycles. The Bertz CT molecular complexity index is 1980. The molecular formula is C36H28BCl2F10P. The molecule has 0 unspecified atom stereocenters. The molecule has 0 fully saturated rings. The second kappa shape index (κ2) is 13.7. The average molecular weight is 763 g/mol. The first kappa shape index (κ1) is 38.0. The molecule has 14 heteroatoms. The number of alkyl halides is 2. The van der Waals surface area contributed by atoms with Crippen molar-refractivity contribution in [2.45, 2.75) is 34.1 Å². The molecule has 0 amide bonds. The van der Waals surface area contributed by atoms with Crippen LogP contribution in [-0.2, 0) is 0 Å². The summed E-state index contributed by atoms with van der Waals surface area (Å²) in [5.74, 6) is -22.8. The predicted octanol–water partition coefficient (Wildman–Crippen LogP) is 9.50. The maximum absolute atomic E-state index is 18.7. The van der Waals surface area contributed by atoms with Crippen LogP contribution in [0.5, 0.6) is 0 Å². The Morgan fingerprint density at radius 2 is 1.02 bits per heavy atom. The van der Waals surface area contributed by atoms with Crippen LogP contribution in [0.25, 0.3) is 0 Å². The largest absolute Gasteiger partial charge is 0.498 e. The third kappa shape index (κ3) is 5.50. The van der Waals surface area contributed by atoms with Crippen molar-refractivity contribution in [3.8, 4) is 0 Å². The fourth-order valence-corrected chi connectivity index (χ4v) is 12.3. The van der Waals surface area contributed by atoms with E-state index >= 15 is 30.7 Å². The minimum Gasteiger partial charge on any atom is -0.498 e. The minimum atomic E-state index is -5.25. The summed E-state index contributed by atoms with van der Waals surface area (Å²) in [7, 11) is -4.07. The predicted molar refractivity (Wildman–Crippen MR) is 182 cm³/mol. The van der Waals surface area contributed by atoms with Gasteiger partial charge in [-0.3, -0.25) is 0 Å². The van der Waals surface area contributed by atoms with Crippen LogP contribution in [0, 0.1) is 63.7 Å². The van der Waals surface area contributed by atoms with Gasteiger partial charge in [-0.25, -0.2) is 35.1 Å². The van der Waals surface area contributed by atoms with Crippen molar-refractivity contribution in [3.63, 3.8) is 0 Å². The van der Waals surface area contributed by atoms with Gasteiger partial charge in [0.25, 0.3) is 0 Å². The number of benzene rings is 4. The van der Waals surface area contributed by atoms with Crippen LogP contribution in [0.2, 0.25) is 0 Å². The zero-order chi connectivity index (χ0) is 37.1. The van der Waals surface area contributed by atoms with Gasteiger partial charge in [0.15, 0.2) is 23.3 Å². The van der Waals surface area contributed by atoms with Gasteiger partial charge in [-0.2, -0.15) is 4.39 Å². The lowest BCUT2D eigenvalue weighted by Gasteiger charge is -2.51. The van der Waals surface area contributed by atoms with Crippen molar-refractivity contribution in [1.82, 2.24) is 0 Å². The number of hydrogen-bond acceptors (Lipinski definition) is 0. The van der Waals surface area contributed by atoms with E-state index in [1.807, 2.05) is 0 Å². The van der Waals surface area contributed by atoms with Crippen molar-refractivity contribution in [2.75, 3.05) is 5.34 Å². The first-order valence-corrected chi connectivity index (χ1v) is 18.1. The van der Waals surface area contributed by atoms with Gasteiger partial charge in [-0.05, 0) is 54.5 Å². The van der Waals surface area contributed by atoms with Crippen molar-refractivity contribution >= 4 is 63.7 Å². The average Bonchev–Trinajstić information content (AvgIpc) is 3.09. The number of fused-ring (bicyclic) bond motifs is 2. The molecule has 1 heterocycles. The fourth-order valence-electron chi connectivity index (χ4n) is 7.22. The summed E-state index contributed by atoms with van der Waals surface area (Å²) < 4.78 is 158. The van der Waals surface area contributed by atoms with E-state index in [9.17, 15) is 13.2 Å². The Kier molecular flexibility index (Phi) is 10.4. The zero-order valence-electron chi connectivity index (χ0n) is 26.9. The normalized spacial score (nSPS) is 19.7. The summed E-state index contributed by atoms with van der Waals surface area (Å²) in [6.45, 7) is 6.85. The van der Waals surface area contributed by atoms with Gasteiger partial charge in [0.2, 0.25) is 18.1 Å². The highest BCUT2D eigenvalue weighted by Crippen LogP contribution is 2.70. The van der Waals surface area contributed by atoms with Crippen LogP contribution in [0.1, 0.15) is 34.1 Å². The van der Waals surface area contributed by atoms with Crippen LogP contribution >= 0.6 is 30.5 Å². The lowest BCUT2D eigenvalue weighted by molar-refractivity contribution is 0.288. The lowest BCUT2D eigenvalue weighted by Crippen LogP contribution is -2.70. The third-order valence-corrected chi connectivity index (χ3v) is 14.0. The highest BCUT2D eigenvalue weighted by atomic mass is 35.5. The topological polar surface area (TPSA) is 0 Å². The highest BCUT2D eigenvalue weighted by molar-refractivity contribution is 8.00. The molecule has 0 saturated carbocycles. The summed E-state index contributed by atoms with van der Waals surface area (Å²) in [4.78, 5) is 0. The summed E-state index contributed by atoms with van der Waals surface area (Å²) in [6, 6.07) is 15.4. The number of rotatable bonds is 3. The first-order valence-electron chi connectivity index (χ1n) is 15.2. The maximum Gasteiger partial charge on any atom is 0.250 e. The Balaban J connectivity index is 0.00000156. The molecule has 2 atom stereocenters. The summed E-state index contributed by atoms with van der Waals surface area (Å²) >= 11 is 9.53. The second-order valence-corrected chi connectivity index (χ2v) is 17.2. The Morgan fingerprint density at radius 1 is 0.640 bits per heavy atom. The lowest BCUT2D eigenvalue weighted by atomic mass is 9.29. The van der Waals surface area contributed by atoms with E-state index < -0.39 is 99.1 Å². The first-order chi connectivity index (χ1) is 23.4. The summed E-state index contributed by atoms with van der Waals surface area (Å²) in [5.41, 5.74) is -4.77. The van der Waals surface area contributed by atoms with E-state index in [1.165, 1.54) is 30.3 Å². The molecule has 0 radical (unpaired) electrons. The third-order valence-electron chi connectivity index (χ3n) is 9.40. The van der Waals surface area contributed by atoms with Crippen molar-refractivity contribution in [3.05, 3.63) is 135 Å². The Hall–Kier alpha value is -3.27. The number of hydrogen-bond donors (Lipinski definition) is 0. The standard InChI is InChI=1S/C35H26BF10P.CH2Cl2/c1-17-15-18(35(2,3)4)16-21-33(17)47(19-11-7-5-8-12-19,20-13-9-6-10-14-20)34-23(26(39)29(42)31(44)32(34)45)36(21,46)22-24(37)27(40)30(43)28(41)25(22)38;2-1-3/h5-14,16,18H,15H2,1-4H3;1H2/t18-,36-;/m0./s1. The van der Waals surface area contributed by atoms with Gasteiger partial charge < -0.3 is 4.32 Å². The molecular weight excluding hydrogens is 735 g/mol. The molecule has 1 aliphatic heterocycles. The van der Waals surface area contributed by atoms with Crippen molar-refractivity contribution < 1.29 is 43.8 Å². The van der Waals surface area contributed by atoms with E-state index in [2.05, 4.69) is 0 Å². The van der Waals surface area contributed by atoms with Crippen LogP contribution in [-0.4, -0.2) is 11.8 Å². The van der Waals surface area contributed by atoms with Gasteiger partial charge in [0, 0.05) is 0 Å². The smallest absolute Gasteiger partial charge is 0.250 e. The minimum absolute atomic E-state index is 0.0846. The molecule has 6 rings (SSSR count). The van der Waals surface area contributed by atoms with Gasteiger partial charge in [-0.15, -0.1) is 34.8 Å². The zero-order valence-corrected chi connectivity index (χ0v) is 29.3. The van der Waals surface area contributed by atoms with Crippen LogP contribution in [0.4, 0.5) is 43.8 Å². The van der Waals surface area contributed by atoms with Crippen molar-refractivity contribution in [1.29, 1.82) is 0 Å². The molecule has 4 aromatic carbocycles. The van der Waals surface area contributed by atoms with E-state index in [-0.39, 0.29) is 27.7 Å². The van der Waals surface area contributed by atoms with Crippen LogP contribution in [0.15, 0.2) is 83.1 Å². The van der Waals surface area contributed by atoms with Crippen LogP contribution in [0.3, 0.4) is 0 Å². The molecule has 0 spiro atoms. The second-order valence-electron chi connectivity index (χ2n) is 13.1. The number of allylic oxidation sites excluding steroid dienone is 4. The van der Waals surface area contributed by atoms with Gasteiger partial charge in [0.05, 0.1) is 10.7 Å². The molecule has 0 bridgehead atoms. The van der Waals surface area contributed by atoms with Gasteiger partial charge in [0.1, 0.15) is 40.6 Å². The molecule has 2 aliphatic rings. The quantitative estimate of drug-likeness (QED) is 0.0488. The van der Waals surface area contributed by atoms with E-state index in [1.54, 1.807) is 64.1 Å². The number of halogens is 12. The SMILES string of the molecule is CC1=C2C(=C[C@@H](C(C)(C)C)C1)[B@-](F)(c1c(F)c(F)c(F)c(F)c1F)c1c(F)c(F)c(F)c(F)c1[P+]2(c1ccccc1)c1ccccc1.ClCCl. The van der Waals surface area contributed by atoms with Gasteiger partial charge in [-0.1, -0.05) is 68.1 Å². The molecule has 0 aromatic heterocycles. The fraction of sp³-hybridized carbons (Fsp3) is 0.222. The van der Waals surface area contributed by atoms with E-state index in [0.717, 1.165) is 0 Å². The monoisotopic (exact) mass is 762 g/mol. The van der Waals surface area contributed by atoms with E-state index in [0.29, 0.717) is 5.57 Å².